The third-order valence-electron chi connectivity index (χ3n) is 0. The van der Waals surface area contributed by atoms with E-state index in [1.54, 1.807) is 0 Å². The van der Waals surface area contributed by atoms with E-state index < -0.39 is 10.4 Å². The van der Waals surface area contributed by atoms with E-state index in [0.717, 1.165) is 0 Å². The molecule has 0 spiro atoms. The van der Waals surface area contributed by atoms with Crippen molar-refractivity contribution in [2.75, 3.05) is 0 Å². The van der Waals surface area contributed by atoms with Crippen LogP contribution in [0.2, 0.25) is 0 Å². The summed E-state index contributed by atoms with van der Waals surface area (Å²) in [4.78, 5) is 0. The molecule has 10 heavy (non-hydrogen) atoms. The average molecular weight is 183 g/mol. The summed E-state index contributed by atoms with van der Waals surface area (Å²) in [6, 6.07) is 0. The smallest absolute Gasteiger partial charge is 0.759 e. The van der Waals surface area contributed by atoms with Crippen molar-refractivity contribution in [1.29, 1.82) is 0 Å². The molecule has 6 N–H and O–H groups in total. The normalized spacial score (nSPS) is 8.20. The van der Waals surface area contributed by atoms with E-state index in [9.17, 15) is 0 Å². The summed E-state index contributed by atoms with van der Waals surface area (Å²) in [5.41, 5.74) is 9.17. The minimum atomic E-state index is -5.17. The first-order valence-electron chi connectivity index (χ1n) is 1.53. The standard InChI is InChI=1S/CH5N3.Al.H2O4S/c2-1(3)4;;1-5(2,3)4/h(H5,2,3,4);;(H2,1,2,3,4)/q;+3;/p-1. The second-order valence-electron chi connectivity index (χ2n) is 0.908. The van der Waals surface area contributed by atoms with Crippen LogP contribution in [0.4, 0.5) is 0 Å². The quantitative estimate of drug-likeness (QED) is 0.112. The number of hydrogen-bond acceptors (Lipinski definition) is 4. The van der Waals surface area contributed by atoms with Gasteiger partial charge in [-0.2, -0.15) is 0 Å². The molecule has 0 aliphatic carbocycles. The van der Waals surface area contributed by atoms with E-state index in [4.69, 9.17) is 17.5 Å². The molecule has 7 nitrogen and oxygen atoms in total. The summed E-state index contributed by atoms with van der Waals surface area (Å²) < 4.78 is 34.1. The summed E-state index contributed by atoms with van der Waals surface area (Å²) in [6.45, 7) is 0. The second-order valence-corrected chi connectivity index (χ2v) is 1.72. The molecule has 0 radical (unpaired) electrons. The molecule has 0 aromatic rings. The van der Waals surface area contributed by atoms with Gasteiger partial charge in [-0.25, -0.2) is 0 Å². The topological polar surface area (TPSA) is 158 Å². The van der Waals surface area contributed by atoms with Crippen LogP contribution in [0.15, 0.2) is 0 Å². The Hall–Kier alpha value is -0.328. The third kappa shape index (κ3) is 3180. The summed E-state index contributed by atoms with van der Waals surface area (Å²) in [6.07, 6.45) is 0. The molecule has 9 heteroatoms. The molecule has 0 aliphatic rings. The van der Waals surface area contributed by atoms with Crippen LogP contribution >= 0.6 is 0 Å². The zero-order chi connectivity index (χ0) is 8.08. The minimum Gasteiger partial charge on any atom is -0.759 e. The van der Waals surface area contributed by atoms with Gasteiger partial charge >= 0.3 is 23.3 Å². The zero-order valence-electron chi connectivity index (χ0n) is 4.85. The van der Waals surface area contributed by atoms with Crippen molar-refractivity contribution in [2.24, 2.45) is 11.5 Å². The van der Waals surface area contributed by atoms with Crippen LogP contribution in [0, 0.1) is 0 Å². The van der Waals surface area contributed by atoms with E-state index in [-0.39, 0.29) is 23.3 Å². The maximum absolute atomic E-state index is 8.52. The van der Waals surface area contributed by atoms with E-state index in [1.807, 2.05) is 0 Å². The van der Waals surface area contributed by atoms with Gasteiger partial charge in [0.2, 0.25) is 0 Å². The fourth-order valence-corrected chi connectivity index (χ4v) is 0. The molecule has 0 fully saturated rings. The SMILES string of the molecule is NC(N)=[NH2+].O=S(=O)([O-])[O-].[Al+3]. The number of nitrogens with two attached hydrogens (primary N) is 3. The molecule has 56 valence electrons. The molecule has 0 bridgehead atoms. The van der Waals surface area contributed by atoms with Crippen molar-refractivity contribution in [3.63, 3.8) is 0 Å². The Morgan fingerprint density at radius 2 is 1.30 bits per heavy atom. The molecule has 0 aromatic heterocycles. The maximum atomic E-state index is 8.52. The van der Waals surface area contributed by atoms with E-state index in [1.165, 1.54) is 0 Å². The van der Waals surface area contributed by atoms with Crippen molar-refractivity contribution < 1.29 is 22.9 Å². The first-order valence-corrected chi connectivity index (χ1v) is 2.87. The molecule has 0 aliphatic heterocycles. The number of hydrogen-bond donors (Lipinski definition) is 3. The zero-order valence-corrected chi connectivity index (χ0v) is 6.82. The molecule has 0 amide bonds. The monoisotopic (exact) mass is 183 g/mol. The molecule has 0 atom stereocenters. The summed E-state index contributed by atoms with van der Waals surface area (Å²) in [5.74, 6) is -0.0833. The Balaban J connectivity index is -0.0000000910. The van der Waals surface area contributed by atoms with Gasteiger partial charge in [-0.1, -0.05) is 0 Å². The van der Waals surface area contributed by atoms with E-state index in [2.05, 4.69) is 16.9 Å². The van der Waals surface area contributed by atoms with Crippen LogP contribution in [0.5, 0.6) is 0 Å². The van der Waals surface area contributed by atoms with Crippen molar-refractivity contribution in [3.05, 3.63) is 0 Å². The van der Waals surface area contributed by atoms with Crippen molar-refractivity contribution in [3.8, 4) is 0 Å². The largest absolute Gasteiger partial charge is 3.00 e. The van der Waals surface area contributed by atoms with Gasteiger partial charge in [-0.05, 0) is 0 Å². The van der Waals surface area contributed by atoms with Gasteiger partial charge in [-0.3, -0.25) is 25.3 Å². The van der Waals surface area contributed by atoms with Crippen LogP contribution < -0.4 is 16.9 Å². The van der Waals surface area contributed by atoms with Gasteiger partial charge in [0.15, 0.2) is 0 Å². The van der Waals surface area contributed by atoms with Gasteiger partial charge in [0.1, 0.15) is 0 Å². The molecular formula is CH6AlN3O4S+2. The van der Waals surface area contributed by atoms with Gasteiger partial charge in [-0.15, -0.1) is 0 Å². The molecule has 0 rings (SSSR count). The third-order valence-corrected chi connectivity index (χ3v) is 0. The first kappa shape index (κ1) is 16.3. The fraction of sp³-hybridized carbons (Fsp3) is 0. The first-order chi connectivity index (χ1) is 3.73. The van der Waals surface area contributed by atoms with Crippen LogP contribution in [-0.2, 0) is 10.4 Å². The second kappa shape index (κ2) is 6.79. The summed E-state index contributed by atoms with van der Waals surface area (Å²) in [7, 11) is -5.17. The summed E-state index contributed by atoms with van der Waals surface area (Å²) in [5, 5.41) is 4.58. The molecule has 0 saturated carbocycles. The van der Waals surface area contributed by atoms with Gasteiger partial charge in [0, 0.05) is 10.4 Å². The molecule has 0 aromatic carbocycles. The molecule has 0 saturated heterocycles. The van der Waals surface area contributed by atoms with Crippen LogP contribution in [0.25, 0.3) is 0 Å². The molecular weight excluding hydrogens is 177 g/mol. The Morgan fingerprint density at radius 3 is 1.30 bits per heavy atom. The average Bonchev–Trinajstić information content (AvgIpc) is 1.19. The Bertz CT molecular complexity index is 163. The van der Waals surface area contributed by atoms with Crippen LogP contribution in [-0.4, -0.2) is 40.8 Å². The Labute approximate surface area is 68.6 Å². The fourth-order valence-electron chi connectivity index (χ4n) is 0. The van der Waals surface area contributed by atoms with Gasteiger partial charge < -0.3 is 9.11 Å². The van der Waals surface area contributed by atoms with Crippen molar-refractivity contribution in [1.82, 2.24) is 0 Å². The Morgan fingerprint density at radius 1 is 1.30 bits per heavy atom. The van der Waals surface area contributed by atoms with Crippen LogP contribution in [0.3, 0.4) is 0 Å². The van der Waals surface area contributed by atoms with E-state index >= 15 is 0 Å². The van der Waals surface area contributed by atoms with E-state index in [0.29, 0.717) is 0 Å². The van der Waals surface area contributed by atoms with Crippen LogP contribution in [0.1, 0.15) is 0 Å². The number of rotatable bonds is 0. The predicted molar refractivity (Wildman–Crippen MR) is 31.5 cm³/mol. The summed E-state index contributed by atoms with van der Waals surface area (Å²) >= 11 is 0. The molecule has 0 heterocycles. The molecule has 0 unspecified atom stereocenters. The van der Waals surface area contributed by atoms with Crippen molar-refractivity contribution >= 4 is 33.7 Å². The van der Waals surface area contributed by atoms with Crippen molar-refractivity contribution in [2.45, 2.75) is 0 Å². The number of guanidine groups is 1. The maximum Gasteiger partial charge on any atom is 3.00 e. The Kier molecular flexibility index (Phi) is 11.1. The van der Waals surface area contributed by atoms with Gasteiger partial charge in [0.05, 0.1) is 0 Å². The predicted octanol–water partition coefficient (Wildman–Crippen LogP) is -4.70. The minimum absolute atomic E-state index is 0. The van der Waals surface area contributed by atoms with Gasteiger partial charge in [0.25, 0.3) is 0 Å².